The van der Waals surface area contributed by atoms with E-state index in [-0.39, 0.29) is 0 Å². The number of allylic oxidation sites excluding steroid dienone is 4. The highest BCUT2D eigenvalue weighted by atomic mass is 32.2. The fraction of sp³-hybridized carbons (Fsp3) is 0.333. The maximum atomic E-state index is 5.23. The van der Waals surface area contributed by atoms with E-state index in [1.165, 1.54) is 11.9 Å². The fourth-order valence-electron chi connectivity index (χ4n) is 0.271. The van der Waals surface area contributed by atoms with Crippen molar-refractivity contribution < 1.29 is 0 Å². The maximum absolute atomic E-state index is 5.23. The van der Waals surface area contributed by atoms with E-state index in [2.05, 4.69) is 0 Å². The highest BCUT2D eigenvalue weighted by Crippen LogP contribution is 2.04. The summed E-state index contributed by atoms with van der Waals surface area (Å²) in [6, 6.07) is 0. The summed E-state index contributed by atoms with van der Waals surface area (Å²) in [4.78, 5) is 1.13. The third-order valence-corrected chi connectivity index (χ3v) is 1.22. The molecule has 0 heterocycles. The summed E-state index contributed by atoms with van der Waals surface area (Å²) in [5.74, 6) is 0. The number of rotatable bonds is 2. The van der Waals surface area contributed by atoms with Crippen molar-refractivity contribution in [2.24, 2.45) is 5.14 Å². The average Bonchev–Trinajstić information content (AvgIpc) is 1.83. The van der Waals surface area contributed by atoms with Crippen LogP contribution in [0, 0.1) is 0 Å². The predicted molar refractivity (Wildman–Crippen MR) is 40.3 cm³/mol. The van der Waals surface area contributed by atoms with E-state index in [1.54, 1.807) is 0 Å². The predicted octanol–water partition coefficient (Wildman–Crippen LogP) is 2.07. The molecule has 0 atom stereocenters. The second-order valence-electron chi connectivity index (χ2n) is 1.42. The van der Waals surface area contributed by atoms with E-state index in [9.17, 15) is 0 Å². The van der Waals surface area contributed by atoms with Crippen molar-refractivity contribution in [2.75, 3.05) is 0 Å². The first-order valence-electron chi connectivity index (χ1n) is 2.47. The largest absolute Gasteiger partial charge is 0.274 e. The molecule has 2 heteroatoms. The van der Waals surface area contributed by atoms with Crippen LogP contribution in [0.2, 0.25) is 0 Å². The second-order valence-corrected chi connectivity index (χ2v) is 2.30. The molecule has 0 saturated carbocycles. The maximum Gasteiger partial charge on any atom is -0.00301 e. The lowest BCUT2D eigenvalue weighted by molar-refractivity contribution is 1.64. The zero-order chi connectivity index (χ0) is 6.41. The van der Waals surface area contributed by atoms with Gasteiger partial charge in [0.2, 0.25) is 0 Å². The van der Waals surface area contributed by atoms with Crippen molar-refractivity contribution in [2.45, 2.75) is 13.8 Å². The fourth-order valence-corrected chi connectivity index (χ4v) is 0.428. The topological polar surface area (TPSA) is 26.0 Å². The molecule has 0 aliphatic rings. The molecule has 0 fully saturated rings. The van der Waals surface area contributed by atoms with Crippen LogP contribution in [-0.4, -0.2) is 0 Å². The van der Waals surface area contributed by atoms with Crippen molar-refractivity contribution in [3.63, 3.8) is 0 Å². The van der Waals surface area contributed by atoms with E-state index in [0.29, 0.717) is 0 Å². The number of nitrogens with two attached hydrogens (primary N) is 1. The van der Waals surface area contributed by atoms with Gasteiger partial charge in [-0.1, -0.05) is 30.2 Å². The Balaban J connectivity index is 3.57. The van der Waals surface area contributed by atoms with Crippen LogP contribution in [0.4, 0.5) is 0 Å². The Morgan fingerprint density at radius 3 is 2.62 bits per heavy atom. The molecular formula is C6H11NS. The molecule has 8 heavy (non-hydrogen) atoms. The number of hydrogen-bond acceptors (Lipinski definition) is 2. The first-order chi connectivity index (χ1) is 3.81. The Morgan fingerprint density at radius 1 is 1.62 bits per heavy atom. The smallest absolute Gasteiger partial charge is 0.00301 e. The van der Waals surface area contributed by atoms with Gasteiger partial charge in [-0.2, -0.15) is 0 Å². The van der Waals surface area contributed by atoms with Gasteiger partial charge < -0.3 is 0 Å². The highest BCUT2D eigenvalue weighted by Gasteiger charge is 1.76. The molecule has 0 spiro atoms. The van der Waals surface area contributed by atoms with Crippen molar-refractivity contribution in [1.82, 2.24) is 0 Å². The minimum atomic E-state index is 1.13. The van der Waals surface area contributed by atoms with Crippen molar-refractivity contribution in [3.8, 4) is 0 Å². The van der Waals surface area contributed by atoms with E-state index in [0.717, 1.165) is 4.91 Å². The molecule has 0 aliphatic heterocycles. The normalized spacial score (nSPS) is 13.1. The SMILES string of the molecule is C/C=C\C=C(\C)SN. The van der Waals surface area contributed by atoms with Crippen LogP contribution in [0.25, 0.3) is 0 Å². The second kappa shape index (κ2) is 4.94. The minimum absolute atomic E-state index is 1.13. The molecule has 0 bridgehead atoms. The van der Waals surface area contributed by atoms with Crippen LogP contribution in [0.1, 0.15) is 13.8 Å². The first kappa shape index (κ1) is 7.79. The quantitative estimate of drug-likeness (QED) is 0.456. The monoisotopic (exact) mass is 129 g/mol. The molecule has 0 unspecified atom stereocenters. The zero-order valence-corrected chi connectivity index (χ0v) is 6.03. The van der Waals surface area contributed by atoms with Crippen molar-refractivity contribution in [1.29, 1.82) is 0 Å². The summed E-state index contributed by atoms with van der Waals surface area (Å²) in [7, 11) is 0. The lowest BCUT2D eigenvalue weighted by atomic mass is 10.5. The third-order valence-electron chi connectivity index (χ3n) is 0.709. The minimum Gasteiger partial charge on any atom is -0.274 e. The third kappa shape index (κ3) is 3.96. The first-order valence-corrected chi connectivity index (χ1v) is 3.35. The molecule has 0 aromatic carbocycles. The van der Waals surface area contributed by atoms with Gasteiger partial charge in [-0.25, -0.2) is 0 Å². The van der Waals surface area contributed by atoms with Gasteiger partial charge in [0.1, 0.15) is 0 Å². The molecule has 0 aliphatic carbocycles. The van der Waals surface area contributed by atoms with Gasteiger partial charge in [-0.3, -0.25) is 5.14 Å². The van der Waals surface area contributed by atoms with Gasteiger partial charge in [-0.15, -0.1) is 0 Å². The summed E-state index contributed by atoms with van der Waals surface area (Å²) in [6.07, 6.45) is 5.92. The van der Waals surface area contributed by atoms with Crippen LogP contribution >= 0.6 is 11.9 Å². The molecule has 0 rings (SSSR count). The zero-order valence-electron chi connectivity index (χ0n) is 5.22. The Hall–Kier alpha value is -0.210. The molecule has 2 N–H and O–H groups in total. The van der Waals surface area contributed by atoms with E-state index in [4.69, 9.17) is 5.14 Å². The highest BCUT2D eigenvalue weighted by molar-refractivity contribution is 8.00. The number of hydrogen-bond donors (Lipinski definition) is 1. The molecule has 0 aromatic rings. The summed E-state index contributed by atoms with van der Waals surface area (Å²) < 4.78 is 0. The lowest BCUT2D eigenvalue weighted by Gasteiger charge is -1.86. The average molecular weight is 129 g/mol. The van der Waals surface area contributed by atoms with Gasteiger partial charge in [-0.05, 0) is 18.8 Å². The molecule has 0 radical (unpaired) electrons. The van der Waals surface area contributed by atoms with Gasteiger partial charge >= 0.3 is 0 Å². The van der Waals surface area contributed by atoms with Crippen molar-refractivity contribution in [3.05, 3.63) is 23.1 Å². The van der Waals surface area contributed by atoms with Crippen LogP contribution in [0.15, 0.2) is 23.1 Å². The molecule has 0 amide bonds. The molecule has 46 valence electrons. The van der Waals surface area contributed by atoms with Crippen LogP contribution in [0.3, 0.4) is 0 Å². The molecular weight excluding hydrogens is 118 g/mol. The lowest BCUT2D eigenvalue weighted by Crippen LogP contribution is -1.75. The van der Waals surface area contributed by atoms with Crippen LogP contribution in [-0.2, 0) is 0 Å². The van der Waals surface area contributed by atoms with Gasteiger partial charge in [0.25, 0.3) is 0 Å². The van der Waals surface area contributed by atoms with E-state index >= 15 is 0 Å². The van der Waals surface area contributed by atoms with Crippen LogP contribution < -0.4 is 5.14 Å². The van der Waals surface area contributed by atoms with Gasteiger partial charge in [0, 0.05) is 0 Å². The summed E-state index contributed by atoms with van der Waals surface area (Å²) in [5, 5.41) is 5.23. The summed E-state index contributed by atoms with van der Waals surface area (Å²) >= 11 is 1.27. The van der Waals surface area contributed by atoms with Gasteiger partial charge in [0.15, 0.2) is 0 Å². The molecule has 0 saturated heterocycles. The standard InChI is InChI=1S/C6H11NS/c1-3-4-5-6(2)8-7/h3-5H,7H2,1-2H3/b4-3-,6-5-. The summed E-state index contributed by atoms with van der Waals surface area (Å²) in [5.41, 5.74) is 0. The Labute approximate surface area is 54.8 Å². The van der Waals surface area contributed by atoms with E-state index in [1.807, 2.05) is 32.1 Å². The van der Waals surface area contributed by atoms with E-state index < -0.39 is 0 Å². The van der Waals surface area contributed by atoms with Gasteiger partial charge in [0.05, 0.1) is 0 Å². The van der Waals surface area contributed by atoms with Crippen molar-refractivity contribution >= 4 is 11.9 Å². The Morgan fingerprint density at radius 2 is 2.25 bits per heavy atom. The molecule has 1 nitrogen and oxygen atoms in total. The molecule has 0 aromatic heterocycles. The van der Waals surface area contributed by atoms with Crippen LogP contribution in [0.5, 0.6) is 0 Å². The Bertz CT molecular complexity index is 105. The Kier molecular flexibility index (Phi) is 4.81. The summed E-state index contributed by atoms with van der Waals surface area (Å²) in [6.45, 7) is 3.95.